The maximum absolute atomic E-state index is 12.4. The van der Waals surface area contributed by atoms with Gasteiger partial charge in [-0.1, -0.05) is 19.3 Å². The normalized spacial score (nSPS) is 26.3. The molecule has 0 aromatic carbocycles. The summed E-state index contributed by atoms with van der Waals surface area (Å²) in [5.41, 5.74) is 1.37. The fourth-order valence-electron chi connectivity index (χ4n) is 2.98. The van der Waals surface area contributed by atoms with Crippen LogP contribution in [0.4, 0.5) is 11.5 Å². The summed E-state index contributed by atoms with van der Waals surface area (Å²) in [6.45, 7) is 1.83. The Morgan fingerprint density at radius 1 is 1.21 bits per heavy atom. The molecule has 2 atom stereocenters. The number of hydrogen-bond acceptors (Lipinski definition) is 4. The fourth-order valence-corrected chi connectivity index (χ4v) is 3.19. The second-order valence-electron chi connectivity index (χ2n) is 5.29. The number of carbonyl (C=O) groups is 1. The number of aryl methyl sites for hydroxylation is 1. The Balaban J connectivity index is 2.01. The monoisotopic (exact) mass is 280 g/mol. The number of aromatic nitrogens is 2. The van der Waals surface area contributed by atoms with Crippen molar-refractivity contribution in [3.8, 4) is 0 Å². The molecule has 0 bridgehead atoms. The molecule has 1 aliphatic heterocycles. The second kappa shape index (κ2) is 4.96. The maximum atomic E-state index is 12.4. The zero-order valence-electron chi connectivity index (χ0n) is 10.9. The van der Waals surface area contributed by atoms with Crippen molar-refractivity contribution in [1.29, 1.82) is 0 Å². The number of anilines is 2. The molecule has 1 aliphatic carbocycles. The van der Waals surface area contributed by atoms with Crippen LogP contribution in [0.3, 0.4) is 0 Å². The minimum Gasteiger partial charge on any atom is -0.365 e. The van der Waals surface area contributed by atoms with Crippen molar-refractivity contribution in [3.05, 3.63) is 11.0 Å². The first kappa shape index (κ1) is 12.7. The molecule has 102 valence electrons. The van der Waals surface area contributed by atoms with E-state index in [-0.39, 0.29) is 23.2 Å². The third-order valence-corrected chi connectivity index (χ3v) is 4.15. The predicted octanol–water partition coefficient (Wildman–Crippen LogP) is 2.75. The Kier molecular flexibility index (Phi) is 3.31. The molecule has 1 fully saturated rings. The van der Waals surface area contributed by atoms with Gasteiger partial charge in [0.05, 0.1) is 11.6 Å². The summed E-state index contributed by atoms with van der Waals surface area (Å²) < 4.78 is 0. The highest BCUT2D eigenvalue weighted by Crippen LogP contribution is 2.34. The third kappa shape index (κ3) is 2.39. The third-order valence-electron chi connectivity index (χ3n) is 3.99. The van der Waals surface area contributed by atoms with Crippen molar-refractivity contribution in [2.45, 2.75) is 45.1 Å². The first-order chi connectivity index (χ1) is 9.15. The number of hydrogen-bond donors (Lipinski definition) is 2. The number of carbonyl (C=O) groups excluding carboxylic acids is 1. The van der Waals surface area contributed by atoms with Crippen LogP contribution in [0.15, 0.2) is 0 Å². The van der Waals surface area contributed by atoms with Crippen LogP contribution in [0.2, 0.25) is 5.28 Å². The average Bonchev–Trinajstić information content (AvgIpc) is 2.64. The van der Waals surface area contributed by atoms with E-state index >= 15 is 0 Å². The largest absolute Gasteiger partial charge is 0.365 e. The van der Waals surface area contributed by atoms with Gasteiger partial charge in [0.15, 0.2) is 5.82 Å². The molecular formula is C13H17ClN4O. The van der Waals surface area contributed by atoms with Crippen molar-refractivity contribution in [1.82, 2.24) is 9.97 Å². The number of nitrogens with one attached hydrogen (secondary N) is 2. The highest BCUT2D eigenvalue weighted by Gasteiger charge is 2.34. The molecule has 1 aromatic rings. The van der Waals surface area contributed by atoms with Crippen molar-refractivity contribution >= 4 is 29.0 Å². The summed E-state index contributed by atoms with van der Waals surface area (Å²) in [6.07, 6.45) is 5.38. The molecule has 1 saturated carbocycles. The first-order valence-corrected chi connectivity index (χ1v) is 7.14. The Morgan fingerprint density at radius 2 is 2.00 bits per heavy atom. The van der Waals surface area contributed by atoms with Crippen molar-refractivity contribution in [2.75, 3.05) is 10.6 Å². The Morgan fingerprint density at radius 3 is 2.84 bits per heavy atom. The maximum Gasteiger partial charge on any atom is 0.229 e. The van der Waals surface area contributed by atoms with Crippen LogP contribution < -0.4 is 10.6 Å². The van der Waals surface area contributed by atoms with E-state index in [9.17, 15) is 4.79 Å². The van der Waals surface area contributed by atoms with Crippen LogP contribution in [-0.4, -0.2) is 21.9 Å². The smallest absolute Gasteiger partial charge is 0.229 e. The summed E-state index contributed by atoms with van der Waals surface area (Å²) in [7, 11) is 0. The number of fused-ring (bicyclic) bond motifs is 2. The van der Waals surface area contributed by atoms with E-state index in [2.05, 4.69) is 20.6 Å². The second-order valence-corrected chi connectivity index (χ2v) is 5.62. The zero-order chi connectivity index (χ0) is 13.4. The number of halogens is 1. The molecular weight excluding hydrogens is 264 g/mol. The van der Waals surface area contributed by atoms with Crippen LogP contribution >= 0.6 is 11.6 Å². The highest BCUT2D eigenvalue weighted by molar-refractivity contribution is 6.28. The van der Waals surface area contributed by atoms with Crippen LogP contribution in [0, 0.1) is 12.8 Å². The molecule has 1 amide bonds. The lowest BCUT2D eigenvalue weighted by Crippen LogP contribution is -2.34. The van der Waals surface area contributed by atoms with Gasteiger partial charge in [-0.05, 0) is 31.4 Å². The Hall–Kier alpha value is -1.36. The van der Waals surface area contributed by atoms with Gasteiger partial charge in [-0.25, -0.2) is 4.98 Å². The van der Waals surface area contributed by atoms with Gasteiger partial charge in [0.25, 0.3) is 0 Å². The summed E-state index contributed by atoms with van der Waals surface area (Å²) in [6, 6.07) is 0.147. The molecule has 6 heteroatoms. The summed E-state index contributed by atoms with van der Waals surface area (Å²) in [5.74, 6) is 0.738. The van der Waals surface area contributed by atoms with Gasteiger partial charge >= 0.3 is 0 Å². The SMILES string of the molecule is Cc1nc(Cl)nc2c1NC(=O)C1CCCCCC1N2. The highest BCUT2D eigenvalue weighted by atomic mass is 35.5. The number of amides is 1. The Bertz CT molecular complexity index is 520. The fraction of sp³-hybridized carbons (Fsp3) is 0.615. The van der Waals surface area contributed by atoms with Crippen molar-refractivity contribution in [2.24, 2.45) is 5.92 Å². The van der Waals surface area contributed by atoms with Crippen LogP contribution in [-0.2, 0) is 4.79 Å². The first-order valence-electron chi connectivity index (χ1n) is 6.76. The van der Waals surface area contributed by atoms with Crippen molar-refractivity contribution in [3.63, 3.8) is 0 Å². The lowest BCUT2D eigenvalue weighted by atomic mass is 9.94. The molecule has 2 heterocycles. The summed E-state index contributed by atoms with van der Waals surface area (Å²) >= 11 is 5.90. The van der Waals surface area contributed by atoms with Gasteiger partial charge < -0.3 is 10.6 Å². The van der Waals surface area contributed by atoms with E-state index in [1.807, 2.05) is 6.92 Å². The van der Waals surface area contributed by atoms with E-state index in [0.29, 0.717) is 17.2 Å². The summed E-state index contributed by atoms with van der Waals surface area (Å²) in [5, 5.41) is 6.57. The van der Waals surface area contributed by atoms with E-state index in [0.717, 1.165) is 25.7 Å². The molecule has 0 radical (unpaired) electrons. The zero-order valence-corrected chi connectivity index (χ0v) is 11.6. The van der Waals surface area contributed by atoms with E-state index < -0.39 is 0 Å². The van der Waals surface area contributed by atoms with Crippen LogP contribution in [0.5, 0.6) is 0 Å². The number of rotatable bonds is 0. The molecule has 19 heavy (non-hydrogen) atoms. The molecule has 5 nitrogen and oxygen atoms in total. The lowest BCUT2D eigenvalue weighted by Gasteiger charge is -2.21. The molecule has 1 aromatic heterocycles. The van der Waals surface area contributed by atoms with Gasteiger partial charge in [-0.3, -0.25) is 4.79 Å². The molecule has 3 rings (SSSR count). The van der Waals surface area contributed by atoms with Gasteiger partial charge in [0.2, 0.25) is 11.2 Å². The van der Waals surface area contributed by atoms with E-state index in [4.69, 9.17) is 11.6 Å². The number of nitrogens with zero attached hydrogens (tertiary/aromatic N) is 2. The average molecular weight is 281 g/mol. The molecule has 0 spiro atoms. The molecule has 0 saturated heterocycles. The predicted molar refractivity (Wildman–Crippen MR) is 74.4 cm³/mol. The quantitative estimate of drug-likeness (QED) is 0.717. The van der Waals surface area contributed by atoms with Gasteiger partial charge in [-0.15, -0.1) is 0 Å². The molecule has 2 N–H and O–H groups in total. The standard InChI is InChI=1S/C13H17ClN4O/c1-7-10-11(18-13(14)15-7)16-9-6-4-2-3-5-8(9)12(19)17-10/h8-9H,2-6H2,1H3,(H,17,19)(H,15,16,18). The van der Waals surface area contributed by atoms with Crippen LogP contribution in [0.1, 0.15) is 37.8 Å². The van der Waals surface area contributed by atoms with Gasteiger partial charge in [0.1, 0.15) is 5.69 Å². The topological polar surface area (TPSA) is 66.9 Å². The summed E-state index contributed by atoms with van der Waals surface area (Å²) in [4.78, 5) is 20.7. The lowest BCUT2D eigenvalue weighted by molar-refractivity contribution is -0.120. The Labute approximate surface area is 117 Å². The van der Waals surface area contributed by atoms with Crippen molar-refractivity contribution < 1.29 is 4.79 Å². The minimum atomic E-state index is 0.00914. The van der Waals surface area contributed by atoms with E-state index in [1.54, 1.807) is 0 Å². The van der Waals surface area contributed by atoms with Gasteiger partial charge in [-0.2, -0.15) is 4.98 Å². The molecule has 2 unspecified atom stereocenters. The van der Waals surface area contributed by atoms with Gasteiger partial charge in [0, 0.05) is 6.04 Å². The van der Waals surface area contributed by atoms with Crippen LogP contribution in [0.25, 0.3) is 0 Å². The van der Waals surface area contributed by atoms with E-state index in [1.165, 1.54) is 6.42 Å². The minimum absolute atomic E-state index is 0.00914. The molecule has 2 aliphatic rings.